The van der Waals surface area contributed by atoms with Crippen molar-refractivity contribution in [3.05, 3.63) is 36.5 Å². The summed E-state index contributed by atoms with van der Waals surface area (Å²) >= 11 is 0. The maximum absolute atomic E-state index is 12.7. The molecule has 5 heteroatoms. The van der Waals surface area contributed by atoms with Crippen LogP contribution in [0, 0.1) is 17.8 Å². The minimum absolute atomic E-state index is 0.209. The van der Waals surface area contributed by atoms with E-state index in [1.165, 1.54) is 0 Å². The average molecular weight is 278 g/mol. The number of aromatic nitrogens is 1. The minimum atomic E-state index is -4.02. The number of pyridine rings is 1. The zero-order valence-corrected chi connectivity index (χ0v) is 10.6. The predicted octanol–water partition coefficient (Wildman–Crippen LogP) is 3.48. The van der Waals surface area contributed by atoms with Gasteiger partial charge in [0.25, 0.3) is 0 Å². The van der Waals surface area contributed by atoms with Crippen molar-refractivity contribution in [1.29, 1.82) is 0 Å². The van der Waals surface area contributed by atoms with E-state index in [1.807, 2.05) is 30.3 Å². The van der Waals surface area contributed by atoms with Crippen molar-refractivity contribution in [2.45, 2.75) is 6.18 Å². The molecule has 0 spiro atoms. The lowest BCUT2D eigenvalue weighted by atomic mass is 10.1. The molecule has 1 saturated heterocycles. The predicted molar refractivity (Wildman–Crippen MR) is 70.5 cm³/mol. The molecule has 2 nitrogen and oxygen atoms in total. The highest BCUT2D eigenvalue weighted by Gasteiger charge is 2.67. The number of hydrogen-bond acceptors (Lipinski definition) is 2. The quantitative estimate of drug-likeness (QED) is 0.794. The number of rotatable bonds is 1. The molecule has 2 heterocycles. The Morgan fingerprint density at radius 2 is 1.85 bits per heavy atom. The van der Waals surface area contributed by atoms with Crippen molar-refractivity contribution in [2.24, 2.45) is 17.8 Å². The monoisotopic (exact) mass is 278 g/mol. The van der Waals surface area contributed by atoms with Crippen molar-refractivity contribution in [1.82, 2.24) is 4.98 Å². The Kier molecular flexibility index (Phi) is 2.32. The zero-order chi connectivity index (χ0) is 13.9. The normalized spacial score (nSPS) is 28.8. The van der Waals surface area contributed by atoms with Gasteiger partial charge in [-0.05, 0) is 36.1 Å². The average Bonchev–Trinajstić information content (AvgIpc) is 2.96. The van der Waals surface area contributed by atoms with Crippen LogP contribution in [0.5, 0.6) is 0 Å². The molecule has 2 fully saturated rings. The highest BCUT2D eigenvalue weighted by atomic mass is 19.4. The molecule has 4 rings (SSSR count). The van der Waals surface area contributed by atoms with Crippen LogP contribution in [0.2, 0.25) is 0 Å². The van der Waals surface area contributed by atoms with Crippen molar-refractivity contribution in [2.75, 3.05) is 18.0 Å². The van der Waals surface area contributed by atoms with Gasteiger partial charge in [-0.3, -0.25) is 4.98 Å². The molecule has 2 unspecified atom stereocenters. The Morgan fingerprint density at radius 1 is 1.10 bits per heavy atom. The van der Waals surface area contributed by atoms with Crippen molar-refractivity contribution in [3.8, 4) is 0 Å². The maximum Gasteiger partial charge on any atom is 0.392 e. The van der Waals surface area contributed by atoms with Gasteiger partial charge in [0.1, 0.15) is 0 Å². The third kappa shape index (κ3) is 1.76. The summed E-state index contributed by atoms with van der Waals surface area (Å²) in [5.74, 6) is -1.49. The van der Waals surface area contributed by atoms with Crippen LogP contribution in [0.3, 0.4) is 0 Å². The second-order valence-corrected chi connectivity index (χ2v) is 5.68. The molecule has 2 atom stereocenters. The molecule has 0 radical (unpaired) electrons. The lowest BCUT2D eigenvalue weighted by Crippen LogP contribution is -2.28. The highest BCUT2D eigenvalue weighted by molar-refractivity contribution is 5.82. The first-order chi connectivity index (χ1) is 9.54. The number of anilines is 1. The van der Waals surface area contributed by atoms with Crippen LogP contribution >= 0.6 is 0 Å². The van der Waals surface area contributed by atoms with Gasteiger partial charge in [0, 0.05) is 30.4 Å². The molecule has 2 aliphatic rings. The summed E-state index contributed by atoms with van der Waals surface area (Å²) in [4.78, 5) is 6.31. The number of fused-ring (bicyclic) bond motifs is 2. The second-order valence-electron chi connectivity index (χ2n) is 5.68. The van der Waals surface area contributed by atoms with Crippen LogP contribution in [0.25, 0.3) is 10.9 Å². The SMILES string of the molecule is FC(F)(F)C1C2CN(c3ccc4ncccc4c3)CC21. The summed E-state index contributed by atoms with van der Waals surface area (Å²) in [6.07, 6.45) is -2.28. The molecule has 1 aliphatic heterocycles. The van der Waals surface area contributed by atoms with Crippen LogP contribution in [0.1, 0.15) is 0 Å². The Bertz CT molecular complexity index is 655. The summed E-state index contributed by atoms with van der Waals surface area (Å²) in [7, 11) is 0. The van der Waals surface area contributed by atoms with E-state index in [-0.39, 0.29) is 11.8 Å². The van der Waals surface area contributed by atoms with E-state index in [0.29, 0.717) is 13.1 Å². The van der Waals surface area contributed by atoms with Crippen LogP contribution in [-0.2, 0) is 0 Å². The van der Waals surface area contributed by atoms with Gasteiger partial charge in [-0.1, -0.05) is 6.07 Å². The lowest BCUT2D eigenvalue weighted by molar-refractivity contribution is -0.154. The number of hydrogen-bond donors (Lipinski definition) is 0. The summed E-state index contributed by atoms with van der Waals surface area (Å²) in [6, 6.07) is 9.72. The molecule has 0 bridgehead atoms. The molecular weight excluding hydrogens is 265 g/mol. The van der Waals surface area contributed by atoms with Gasteiger partial charge in [-0.2, -0.15) is 13.2 Å². The first-order valence-corrected chi connectivity index (χ1v) is 6.70. The molecule has 1 aromatic carbocycles. The van der Waals surface area contributed by atoms with E-state index < -0.39 is 12.1 Å². The summed E-state index contributed by atoms with van der Waals surface area (Å²) in [6.45, 7) is 1.03. The number of halogens is 3. The van der Waals surface area contributed by atoms with Crippen molar-refractivity contribution in [3.63, 3.8) is 0 Å². The minimum Gasteiger partial charge on any atom is -0.371 e. The Morgan fingerprint density at radius 3 is 2.55 bits per heavy atom. The van der Waals surface area contributed by atoms with Crippen molar-refractivity contribution >= 4 is 16.6 Å². The molecule has 1 aromatic heterocycles. The van der Waals surface area contributed by atoms with Crippen LogP contribution < -0.4 is 4.90 Å². The smallest absolute Gasteiger partial charge is 0.371 e. The zero-order valence-electron chi connectivity index (χ0n) is 10.6. The van der Waals surface area contributed by atoms with Crippen LogP contribution in [-0.4, -0.2) is 24.2 Å². The highest BCUT2D eigenvalue weighted by Crippen LogP contribution is 2.59. The third-order valence-corrected chi connectivity index (χ3v) is 4.52. The van der Waals surface area contributed by atoms with E-state index in [4.69, 9.17) is 0 Å². The van der Waals surface area contributed by atoms with Crippen LogP contribution in [0.15, 0.2) is 36.5 Å². The van der Waals surface area contributed by atoms with Gasteiger partial charge in [-0.25, -0.2) is 0 Å². The van der Waals surface area contributed by atoms with Gasteiger partial charge >= 0.3 is 6.18 Å². The standard InChI is InChI=1S/C15H13F3N2/c16-15(17,18)14-11-7-20(8-12(11)14)10-3-4-13-9(6-10)2-1-5-19-13/h1-6,11-12,14H,7-8H2. The first kappa shape index (κ1) is 12.0. The number of piperidine rings is 1. The fraction of sp³-hybridized carbons (Fsp3) is 0.400. The summed E-state index contributed by atoms with van der Waals surface area (Å²) in [5.41, 5.74) is 1.91. The number of benzene rings is 1. The molecule has 0 amide bonds. The largest absolute Gasteiger partial charge is 0.392 e. The Labute approximate surface area is 114 Å². The van der Waals surface area contributed by atoms with E-state index in [2.05, 4.69) is 9.88 Å². The third-order valence-electron chi connectivity index (χ3n) is 4.52. The Balaban J connectivity index is 1.55. The lowest BCUT2D eigenvalue weighted by Gasteiger charge is -2.23. The van der Waals surface area contributed by atoms with Gasteiger partial charge < -0.3 is 4.90 Å². The maximum atomic E-state index is 12.7. The molecule has 0 N–H and O–H groups in total. The summed E-state index contributed by atoms with van der Waals surface area (Å²) in [5, 5.41) is 1.03. The fourth-order valence-corrected chi connectivity index (χ4v) is 3.48. The van der Waals surface area contributed by atoms with Gasteiger partial charge in [0.05, 0.1) is 11.4 Å². The van der Waals surface area contributed by atoms with Gasteiger partial charge in [-0.15, -0.1) is 0 Å². The topological polar surface area (TPSA) is 16.1 Å². The molecule has 1 saturated carbocycles. The number of nitrogens with zero attached hydrogens (tertiary/aromatic N) is 2. The molecule has 20 heavy (non-hydrogen) atoms. The first-order valence-electron chi connectivity index (χ1n) is 6.70. The second kappa shape index (κ2) is 3.87. The van der Waals surface area contributed by atoms with Crippen molar-refractivity contribution < 1.29 is 13.2 Å². The summed E-state index contributed by atoms with van der Waals surface area (Å²) < 4.78 is 38.0. The van der Waals surface area contributed by atoms with E-state index in [9.17, 15) is 13.2 Å². The van der Waals surface area contributed by atoms with Gasteiger partial charge in [0.2, 0.25) is 0 Å². The van der Waals surface area contributed by atoms with E-state index in [1.54, 1.807) is 6.20 Å². The molecule has 104 valence electrons. The molecular formula is C15H13F3N2. The molecule has 2 aromatic rings. The van der Waals surface area contributed by atoms with E-state index in [0.717, 1.165) is 16.6 Å². The molecule has 1 aliphatic carbocycles. The van der Waals surface area contributed by atoms with Gasteiger partial charge in [0.15, 0.2) is 0 Å². The fourth-order valence-electron chi connectivity index (χ4n) is 3.48. The van der Waals surface area contributed by atoms with E-state index >= 15 is 0 Å². The number of alkyl halides is 3. The van der Waals surface area contributed by atoms with Crippen LogP contribution in [0.4, 0.5) is 18.9 Å². The Hall–Kier alpha value is -1.78.